The van der Waals surface area contributed by atoms with Crippen molar-refractivity contribution in [3.05, 3.63) is 22.5 Å². The summed E-state index contributed by atoms with van der Waals surface area (Å²) in [6.45, 7) is 9.34. The number of nitrogens with one attached hydrogen (secondary N) is 1. The summed E-state index contributed by atoms with van der Waals surface area (Å²) in [6.07, 6.45) is 2.88. The highest BCUT2D eigenvalue weighted by Gasteiger charge is 2.18. The zero-order valence-electron chi connectivity index (χ0n) is 11.4. The van der Waals surface area contributed by atoms with Gasteiger partial charge in [-0.2, -0.15) is 0 Å². The van der Waals surface area contributed by atoms with E-state index in [0.29, 0.717) is 0 Å². The second-order valence-electron chi connectivity index (χ2n) is 5.35. The Morgan fingerprint density at radius 3 is 2.83 bits per heavy atom. The van der Waals surface area contributed by atoms with Crippen LogP contribution in [0.15, 0.2) is 6.20 Å². The van der Waals surface area contributed by atoms with E-state index in [1.54, 1.807) is 11.3 Å². The van der Waals surface area contributed by atoms with Crippen LogP contribution in [0.2, 0.25) is 0 Å². The van der Waals surface area contributed by atoms with Crippen molar-refractivity contribution in [2.45, 2.75) is 46.2 Å². The molecule has 0 aliphatic heterocycles. The van der Waals surface area contributed by atoms with Crippen molar-refractivity contribution in [1.82, 2.24) is 14.7 Å². The fraction of sp³-hybridized carbons (Fsp3) is 0.615. The highest BCUT2D eigenvalue weighted by atomic mass is 32.1. The molecule has 18 heavy (non-hydrogen) atoms. The number of hydrogen-bond acceptors (Lipinski definition) is 4. The van der Waals surface area contributed by atoms with E-state index in [-0.39, 0.29) is 12.1 Å². The second-order valence-corrected chi connectivity index (χ2v) is 6.56. The van der Waals surface area contributed by atoms with E-state index in [1.165, 1.54) is 10.6 Å². The first-order valence-corrected chi connectivity index (χ1v) is 7.04. The number of aliphatic hydroxyl groups is 1. The maximum atomic E-state index is 9.03. The fourth-order valence-electron chi connectivity index (χ4n) is 2.01. The minimum absolute atomic E-state index is 0.0591. The van der Waals surface area contributed by atoms with Gasteiger partial charge < -0.3 is 10.4 Å². The van der Waals surface area contributed by atoms with Crippen LogP contribution in [-0.2, 0) is 6.54 Å². The lowest BCUT2D eigenvalue weighted by atomic mass is 10.0. The molecule has 0 aromatic carbocycles. The van der Waals surface area contributed by atoms with Crippen LogP contribution in [0.3, 0.4) is 0 Å². The van der Waals surface area contributed by atoms with Crippen LogP contribution in [0.4, 0.5) is 0 Å². The predicted molar refractivity (Wildman–Crippen MR) is 75.2 cm³/mol. The third kappa shape index (κ3) is 2.74. The maximum Gasteiger partial charge on any atom is 0.194 e. The van der Waals surface area contributed by atoms with Gasteiger partial charge in [0, 0.05) is 29.8 Å². The Bertz CT molecular complexity index is 542. The molecule has 5 heteroatoms. The monoisotopic (exact) mass is 267 g/mol. The highest BCUT2D eigenvalue weighted by molar-refractivity contribution is 7.17. The Kier molecular flexibility index (Phi) is 3.75. The zero-order valence-corrected chi connectivity index (χ0v) is 12.3. The van der Waals surface area contributed by atoms with Gasteiger partial charge in [-0.3, -0.25) is 4.40 Å². The molecule has 0 bridgehead atoms. The number of hydrogen-bond donors (Lipinski definition) is 2. The molecule has 0 atom stereocenters. The molecule has 0 amide bonds. The van der Waals surface area contributed by atoms with Crippen molar-refractivity contribution in [3.63, 3.8) is 0 Å². The number of nitrogens with zero attached hydrogens (tertiary/aromatic N) is 2. The molecule has 100 valence electrons. The summed E-state index contributed by atoms with van der Waals surface area (Å²) in [6, 6.07) is 0. The summed E-state index contributed by atoms with van der Waals surface area (Å²) in [7, 11) is 0. The minimum Gasteiger partial charge on any atom is -0.396 e. The summed E-state index contributed by atoms with van der Waals surface area (Å²) < 4.78 is 2.16. The van der Waals surface area contributed by atoms with Gasteiger partial charge >= 0.3 is 0 Å². The van der Waals surface area contributed by atoms with Gasteiger partial charge in [-0.15, -0.1) is 11.3 Å². The first-order valence-electron chi connectivity index (χ1n) is 6.23. The van der Waals surface area contributed by atoms with Crippen LogP contribution in [0.25, 0.3) is 4.96 Å². The molecule has 2 N–H and O–H groups in total. The van der Waals surface area contributed by atoms with E-state index in [2.05, 4.69) is 41.7 Å². The molecule has 4 nitrogen and oxygen atoms in total. The molecule has 0 aliphatic rings. The molecular weight excluding hydrogens is 246 g/mol. The Hall–Kier alpha value is -0.910. The Balaban J connectivity index is 2.18. The maximum absolute atomic E-state index is 9.03. The average Bonchev–Trinajstić information content (AvgIpc) is 2.71. The van der Waals surface area contributed by atoms with Crippen LogP contribution in [0.1, 0.15) is 36.5 Å². The van der Waals surface area contributed by atoms with Gasteiger partial charge in [-0.1, -0.05) is 0 Å². The van der Waals surface area contributed by atoms with Crippen LogP contribution >= 0.6 is 11.3 Å². The molecule has 0 spiro atoms. The van der Waals surface area contributed by atoms with Crippen molar-refractivity contribution >= 4 is 16.3 Å². The lowest BCUT2D eigenvalue weighted by molar-refractivity contribution is 0.229. The SMILES string of the molecule is Cc1cn2c(CNC(C)(C)CCO)c(C)nc2s1. The smallest absolute Gasteiger partial charge is 0.194 e. The van der Waals surface area contributed by atoms with E-state index in [9.17, 15) is 0 Å². The van der Waals surface area contributed by atoms with Crippen LogP contribution in [-0.4, -0.2) is 26.6 Å². The van der Waals surface area contributed by atoms with E-state index in [1.807, 2.05) is 6.92 Å². The highest BCUT2D eigenvalue weighted by Crippen LogP contribution is 2.21. The third-order valence-corrected chi connectivity index (χ3v) is 4.11. The van der Waals surface area contributed by atoms with E-state index in [0.717, 1.165) is 23.6 Å². The summed E-state index contributed by atoms with van der Waals surface area (Å²) in [5, 5.41) is 12.5. The number of rotatable bonds is 5. The third-order valence-electron chi connectivity index (χ3n) is 3.21. The number of fused-ring (bicyclic) bond motifs is 1. The van der Waals surface area contributed by atoms with E-state index >= 15 is 0 Å². The van der Waals surface area contributed by atoms with Crippen molar-refractivity contribution in [2.24, 2.45) is 0 Å². The Morgan fingerprint density at radius 1 is 1.44 bits per heavy atom. The van der Waals surface area contributed by atoms with Crippen molar-refractivity contribution in [3.8, 4) is 0 Å². The molecule has 0 saturated heterocycles. The van der Waals surface area contributed by atoms with Gasteiger partial charge in [0.25, 0.3) is 0 Å². The van der Waals surface area contributed by atoms with Crippen LogP contribution in [0, 0.1) is 13.8 Å². The molecule has 0 saturated carbocycles. The van der Waals surface area contributed by atoms with Gasteiger partial charge in [-0.25, -0.2) is 4.98 Å². The lowest BCUT2D eigenvalue weighted by Gasteiger charge is -2.25. The van der Waals surface area contributed by atoms with Crippen LogP contribution < -0.4 is 5.32 Å². The van der Waals surface area contributed by atoms with Gasteiger partial charge in [0.1, 0.15) is 0 Å². The standard InChI is InChI=1S/C13H21N3OS/c1-9-8-16-11(10(2)15-12(16)18-9)7-14-13(3,4)5-6-17/h8,14,17H,5-7H2,1-4H3. The topological polar surface area (TPSA) is 49.6 Å². The molecule has 2 aromatic heterocycles. The molecule has 0 radical (unpaired) electrons. The van der Waals surface area contributed by atoms with Crippen molar-refractivity contribution in [2.75, 3.05) is 6.61 Å². The quantitative estimate of drug-likeness (QED) is 0.873. The summed E-state index contributed by atoms with van der Waals surface area (Å²) in [4.78, 5) is 6.90. The van der Waals surface area contributed by atoms with Crippen LogP contribution in [0.5, 0.6) is 0 Å². The summed E-state index contributed by atoms with van der Waals surface area (Å²) in [5.41, 5.74) is 2.23. The van der Waals surface area contributed by atoms with Gasteiger partial charge in [0.2, 0.25) is 0 Å². The van der Waals surface area contributed by atoms with E-state index < -0.39 is 0 Å². The minimum atomic E-state index is -0.0591. The molecule has 0 aliphatic carbocycles. The Morgan fingerprint density at radius 2 is 2.17 bits per heavy atom. The zero-order chi connectivity index (χ0) is 13.3. The molecule has 2 heterocycles. The summed E-state index contributed by atoms with van der Waals surface area (Å²) in [5.74, 6) is 0. The van der Waals surface area contributed by atoms with Crippen molar-refractivity contribution < 1.29 is 5.11 Å². The van der Waals surface area contributed by atoms with Crippen molar-refractivity contribution in [1.29, 1.82) is 0 Å². The number of aliphatic hydroxyl groups excluding tert-OH is 1. The molecule has 0 fully saturated rings. The average molecular weight is 267 g/mol. The lowest BCUT2D eigenvalue weighted by Crippen LogP contribution is -2.39. The first-order chi connectivity index (χ1) is 8.43. The van der Waals surface area contributed by atoms with Gasteiger partial charge in [0.05, 0.1) is 11.4 Å². The largest absolute Gasteiger partial charge is 0.396 e. The van der Waals surface area contributed by atoms with Gasteiger partial charge in [0.15, 0.2) is 4.96 Å². The summed E-state index contributed by atoms with van der Waals surface area (Å²) >= 11 is 1.71. The molecular formula is C13H21N3OS. The molecule has 0 unspecified atom stereocenters. The Labute approximate surface area is 112 Å². The predicted octanol–water partition coefficient (Wildman–Crippen LogP) is 2.26. The number of thiazole rings is 1. The first kappa shape index (κ1) is 13.5. The molecule has 2 rings (SSSR count). The number of aryl methyl sites for hydroxylation is 2. The van der Waals surface area contributed by atoms with Gasteiger partial charge in [-0.05, 0) is 34.1 Å². The number of aromatic nitrogens is 2. The number of imidazole rings is 1. The fourth-order valence-corrected chi connectivity index (χ4v) is 2.90. The normalized spacial score (nSPS) is 12.5. The second kappa shape index (κ2) is 4.99. The van der Waals surface area contributed by atoms with E-state index in [4.69, 9.17) is 5.11 Å². The molecule has 2 aromatic rings.